The average Bonchev–Trinajstić information content (AvgIpc) is 2.77. The molecule has 0 bridgehead atoms. The largest absolute Gasteiger partial charge is 0.474 e. The minimum absolute atomic E-state index is 0.0239. The van der Waals surface area contributed by atoms with Crippen LogP contribution in [-0.4, -0.2) is 42.2 Å². The molecule has 0 radical (unpaired) electrons. The number of nitrogens with zero attached hydrogens (tertiary/aromatic N) is 1. The maximum absolute atomic E-state index is 13.5. The first-order valence-corrected chi connectivity index (χ1v) is 10.4. The minimum atomic E-state index is -4.54. The highest BCUT2D eigenvalue weighted by Crippen LogP contribution is 2.33. The van der Waals surface area contributed by atoms with Crippen LogP contribution in [0, 0.1) is 0 Å². The molecule has 0 saturated heterocycles. The number of rotatable bonds is 7. The number of ether oxygens (including phenoxy) is 2. The lowest BCUT2D eigenvalue weighted by Crippen LogP contribution is -2.57. The van der Waals surface area contributed by atoms with Crippen molar-refractivity contribution < 1.29 is 32.2 Å². The van der Waals surface area contributed by atoms with E-state index in [4.69, 9.17) is 9.47 Å². The van der Waals surface area contributed by atoms with E-state index in [1.807, 2.05) is 13.0 Å². The quantitative estimate of drug-likeness (QED) is 0.649. The maximum atomic E-state index is 13.5. The summed E-state index contributed by atoms with van der Waals surface area (Å²) in [5.41, 5.74) is -1.46. The summed E-state index contributed by atoms with van der Waals surface area (Å²) in [6.07, 6.45) is -4.54. The average molecular weight is 462 g/mol. The molecule has 0 saturated carbocycles. The van der Waals surface area contributed by atoms with E-state index >= 15 is 0 Å². The van der Waals surface area contributed by atoms with E-state index in [2.05, 4.69) is 5.32 Å². The summed E-state index contributed by atoms with van der Waals surface area (Å²) < 4.78 is 50.3. The zero-order chi connectivity index (χ0) is 24.2. The molecule has 0 fully saturated rings. The molecule has 33 heavy (non-hydrogen) atoms. The maximum Gasteiger partial charge on any atom is 0.416 e. The number of halogens is 3. The first-order chi connectivity index (χ1) is 15.6. The van der Waals surface area contributed by atoms with Crippen LogP contribution in [0.5, 0.6) is 0 Å². The zero-order valence-corrected chi connectivity index (χ0v) is 18.5. The lowest BCUT2D eigenvalue weighted by atomic mass is 9.96. The minimum Gasteiger partial charge on any atom is -0.474 e. The van der Waals surface area contributed by atoms with Crippen molar-refractivity contribution in [3.05, 3.63) is 71.5 Å². The highest BCUT2D eigenvalue weighted by Gasteiger charge is 2.43. The Balaban J connectivity index is 1.88. The molecule has 6 nitrogen and oxygen atoms in total. The number of anilines is 1. The molecule has 2 aromatic rings. The molecule has 1 heterocycles. The number of amides is 2. The number of carbonyl (C=O) groups is 2. The molecule has 0 aliphatic carbocycles. The topological polar surface area (TPSA) is 67.9 Å². The highest BCUT2D eigenvalue weighted by atomic mass is 19.4. The first-order valence-electron chi connectivity index (χ1n) is 10.4. The number of nitrogens with one attached hydrogen (secondary N) is 1. The monoisotopic (exact) mass is 462 g/mol. The predicted octanol–water partition coefficient (Wildman–Crippen LogP) is 4.69. The highest BCUT2D eigenvalue weighted by molar-refractivity contribution is 6.22. The van der Waals surface area contributed by atoms with Crippen LogP contribution in [0.15, 0.2) is 60.4 Å². The summed E-state index contributed by atoms with van der Waals surface area (Å²) in [5.74, 6) is -0.732. The molecule has 1 N–H and O–H groups in total. The third kappa shape index (κ3) is 5.36. The van der Waals surface area contributed by atoms with Gasteiger partial charge in [0.1, 0.15) is 17.9 Å². The Morgan fingerprint density at radius 2 is 1.82 bits per heavy atom. The van der Waals surface area contributed by atoms with E-state index < -0.39 is 29.1 Å². The Morgan fingerprint density at radius 1 is 1.12 bits per heavy atom. The second-order valence-corrected chi connectivity index (χ2v) is 7.90. The summed E-state index contributed by atoms with van der Waals surface area (Å²) >= 11 is 0. The number of alkyl halides is 3. The molecule has 1 aliphatic rings. The molecule has 1 aliphatic heterocycles. The van der Waals surface area contributed by atoms with Gasteiger partial charge in [0, 0.05) is 12.3 Å². The van der Waals surface area contributed by atoms with Gasteiger partial charge in [0.05, 0.1) is 11.1 Å². The fourth-order valence-electron chi connectivity index (χ4n) is 3.32. The van der Waals surface area contributed by atoms with Gasteiger partial charge < -0.3 is 14.8 Å². The first kappa shape index (κ1) is 24.3. The summed E-state index contributed by atoms with van der Waals surface area (Å²) in [6, 6.07) is 13.2. The number of hydrogen-bond donors (Lipinski definition) is 1. The standard InChI is InChI=1S/C24H25F3N2O4/c1-4-32-14-19-20(16-9-6-5-7-10-16)21(30)29(15-33-19)23(2,3)22(31)28-18-12-8-11-17(13-18)24(25,26)27/h5-13H,4,14-15H2,1-3H3,(H,28,31). The van der Waals surface area contributed by atoms with E-state index in [0.717, 1.165) is 12.1 Å². The van der Waals surface area contributed by atoms with Gasteiger partial charge in [-0.25, -0.2) is 0 Å². The smallest absolute Gasteiger partial charge is 0.416 e. The van der Waals surface area contributed by atoms with Gasteiger partial charge >= 0.3 is 6.18 Å². The third-order valence-corrected chi connectivity index (χ3v) is 5.28. The van der Waals surface area contributed by atoms with Gasteiger partial charge in [0.15, 0.2) is 6.73 Å². The third-order valence-electron chi connectivity index (χ3n) is 5.28. The number of carbonyl (C=O) groups excluding carboxylic acids is 2. The van der Waals surface area contributed by atoms with E-state index in [0.29, 0.717) is 17.9 Å². The Morgan fingerprint density at radius 3 is 2.45 bits per heavy atom. The lowest BCUT2D eigenvalue weighted by Gasteiger charge is -2.40. The normalized spacial score (nSPS) is 14.8. The van der Waals surface area contributed by atoms with Crippen molar-refractivity contribution in [3.8, 4) is 0 Å². The van der Waals surface area contributed by atoms with Crippen LogP contribution in [0.1, 0.15) is 31.9 Å². The fraction of sp³-hybridized carbons (Fsp3) is 0.333. The molecule has 0 atom stereocenters. The van der Waals surface area contributed by atoms with Gasteiger partial charge in [0.2, 0.25) is 5.91 Å². The van der Waals surface area contributed by atoms with Crippen molar-refractivity contribution in [3.63, 3.8) is 0 Å². The molecule has 0 spiro atoms. The van der Waals surface area contributed by atoms with Gasteiger partial charge in [-0.3, -0.25) is 14.5 Å². The second-order valence-electron chi connectivity index (χ2n) is 7.90. The van der Waals surface area contributed by atoms with Gasteiger partial charge in [-0.15, -0.1) is 0 Å². The van der Waals surface area contributed by atoms with Crippen LogP contribution in [-0.2, 0) is 25.2 Å². The van der Waals surface area contributed by atoms with Crippen molar-refractivity contribution in [2.24, 2.45) is 0 Å². The van der Waals surface area contributed by atoms with Crippen LogP contribution in [0.3, 0.4) is 0 Å². The van der Waals surface area contributed by atoms with Crippen LogP contribution < -0.4 is 5.32 Å². The summed E-state index contributed by atoms with van der Waals surface area (Å²) in [6.45, 7) is 5.15. The van der Waals surface area contributed by atoms with Crippen LogP contribution >= 0.6 is 0 Å². The summed E-state index contributed by atoms with van der Waals surface area (Å²) in [4.78, 5) is 27.8. The van der Waals surface area contributed by atoms with Crippen LogP contribution in [0.25, 0.3) is 5.57 Å². The van der Waals surface area contributed by atoms with Crippen molar-refractivity contribution >= 4 is 23.1 Å². The molecule has 2 aromatic carbocycles. The van der Waals surface area contributed by atoms with Crippen LogP contribution in [0.2, 0.25) is 0 Å². The van der Waals surface area contributed by atoms with Gasteiger partial charge in [-0.1, -0.05) is 36.4 Å². The molecule has 2 amide bonds. The molecule has 3 rings (SSSR count). The predicted molar refractivity (Wildman–Crippen MR) is 117 cm³/mol. The molecule has 176 valence electrons. The second kappa shape index (κ2) is 9.66. The fourth-order valence-corrected chi connectivity index (χ4v) is 3.32. The van der Waals surface area contributed by atoms with E-state index in [-0.39, 0.29) is 24.6 Å². The van der Waals surface area contributed by atoms with Crippen molar-refractivity contribution in [1.82, 2.24) is 4.90 Å². The summed E-state index contributed by atoms with van der Waals surface area (Å²) in [7, 11) is 0. The molecule has 0 unspecified atom stereocenters. The van der Waals surface area contributed by atoms with Gasteiger partial charge in [-0.2, -0.15) is 13.2 Å². The van der Waals surface area contributed by atoms with Crippen LogP contribution in [0.4, 0.5) is 18.9 Å². The zero-order valence-electron chi connectivity index (χ0n) is 18.5. The van der Waals surface area contributed by atoms with Crippen molar-refractivity contribution in [2.45, 2.75) is 32.5 Å². The lowest BCUT2D eigenvalue weighted by molar-refractivity contribution is -0.147. The Labute approximate surface area is 190 Å². The van der Waals surface area contributed by atoms with E-state index in [9.17, 15) is 22.8 Å². The number of benzene rings is 2. The molecular weight excluding hydrogens is 437 g/mol. The van der Waals surface area contributed by atoms with Gasteiger partial charge in [-0.05, 0) is 44.5 Å². The number of hydrogen-bond acceptors (Lipinski definition) is 4. The van der Waals surface area contributed by atoms with E-state index in [1.54, 1.807) is 24.3 Å². The Bertz CT molecular complexity index is 1050. The Kier molecular flexibility index (Phi) is 7.12. The van der Waals surface area contributed by atoms with Crippen molar-refractivity contribution in [2.75, 3.05) is 25.3 Å². The molecular formula is C24H25F3N2O4. The molecule has 0 aromatic heterocycles. The van der Waals surface area contributed by atoms with Crippen molar-refractivity contribution in [1.29, 1.82) is 0 Å². The molecule has 9 heteroatoms. The Hall–Kier alpha value is -3.33. The SMILES string of the molecule is CCOCC1=C(c2ccccc2)C(=O)N(C(C)(C)C(=O)Nc2cccc(C(F)(F)F)c2)CO1. The van der Waals surface area contributed by atoms with Gasteiger partial charge in [0.25, 0.3) is 5.91 Å². The summed E-state index contributed by atoms with van der Waals surface area (Å²) in [5, 5.41) is 2.48. The van der Waals surface area contributed by atoms with E-state index in [1.165, 1.54) is 30.9 Å².